The van der Waals surface area contributed by atoms with Crippen molar-refractivity contribution in [1.82, 2.24) is 14.8 Å². The number of nitrogens with one attached hydrogen (secondary N) is 1. The van der Waals surface area contributed by atoms with Crippen LogP contribution < -0.4 is 5.32 Å². The quantitative estimate of drug-likeness (QED) is 0.180. The number of aromatic nitrogens is 3. The molecule has 2 unspecified atom stereocenters. The third-order valence-corrected chi connectivity index (χ3v) is 8.79. The lowest BCUT2D eigenvalue weighted by Gasteiger charge is -2.38. The summed E-state index contributed by atoms with van der Waals surface area (Å²) in [6.45, 7) is 2.43. The maximum absolute atomic E-state index is 14.9. The number of fused-ring (bicyclic) bond motifs is 1. The number of halogens is 3. The van der Waals surface area contributed by atoms with E-state index in [0.717, 1.165) is 28.5 Å². The van der Waals surface area contributed by atoms with Gasteiger partial charge in [-0.3, -0.25) is 4.79 Å². The van der Waals surface area contributed by atoms with Crippen molar-refractivity contribution in [3.63, 3.8) is 0 Å². The molecule has 0 aliphatic carbocycles. The zero-order valence-electron chi connectivity index (χ0n) is 25.2. The van der Waals surface area contributed by atoms with Crippen LogP contribution in [0.1, 0.15) is 46.7 Å². The van der Waals surface area contributed by atoms with E-state index < -0.39 is 29.4 Å². The number of nitrogens with zero attached hydrogens (tertiary/aromatic N) is 4. The fraction of sp³-hybridized carbons (Fsp3) is 0.257. The Morgan fingerprint density at radius 2 is 1.87 bits per heavy atom. The minimum Gasteiger partial charge on any atom is -0.383 e. The molecule has 9 nitrogen and oxygen atoms in total. The number of benzene rings is 4. The summed E-state index contributed by atoms with van der Waals surface area (Å²) in [5.41, 5.74) is 0.351. The molecule has 2 N–H and O–H groups in total. The highest BCUT2D eigenvalue weighted by molar-refractivity contribution is 6.32. The molecule has 1 fully saturated rings. The van der Waals surface area contributed by atoms with Crippen molar-refractivity contribution in [3.05, 3.63) is 124 Å². The molecule has 47 heavy (non-hydrogen) atoms. The number of nitriles is 1. The zero-order valence-corrected chi connectivity index (χ0v) is 26.0. The Balaban J connectivity index is 1.10. The van der Waals surface area contributed by atoms with Crippen LogP contribution in [0.25, 0.3) is 10.8 Å². The number of rotatable bonds is 9. The van der Waals surface area contributed by atoms with E-state index in [1.165, 1.54) is 29.5 Å². The van der Waals surface area contributed by atoms with Crippen LogP contribution >= 0.6 is 11.6 Å². The summed E-state index contributed by atoms with van der Waals surface area (Å²) in [5, 5.41) is 29.8. The van der Waals surface area contributed by atoms with Crippen LogP contribution in [-0.2, 0) is 21.6 Å². The molecule has 2 atom stereocenters. The molecule has 0 spiro atoms. The van der Waals surface area contributed by atoms with E-state index in [1.807, 2.05) is 37.3 Å². The fourth-order valence-corrected chi connectivity index (χ4v) is 6.14. The minimum absolute atomic E-state index is 0.0205. The number of ether oxygens (including phenoxy) is 2. The third kappa shape index (κ3) is 7.01. The van der Waals surface area contributed by atoms with Crippen molar-refractivity contribution in [1.29, 1.82) is 5.26 Å². The Morgan fingerprint density at radius 1 is 1.11 bits per heavy atom. The molecule has 1 amide bonds. The van der Waals surface area contributed by atoms with Crippen molar-refractivity contribution in [2.75, 3.05) is 18.5 Å². The lowest BCUT2D eigenvalue weighted by Crippen LogP contribution is -2.41. The van der Waals surface area contributed by atoms with E-state index in [1.54, 1.807) is 24.3 Å². The average Bonchev–Trinajstić information content (AvgIpc) is 3.57. The van der Waals surface area contributed by atoms with Gasteiger partial charge in [0.1, 0.15) is 36.0 Å². The topological polar surface area (TPSA) is 122 Å². The molecule has 0 radical (unpaired) electrons. The van der Waals surface area contributed by atoms with E-state index in [4.69, 9.17) is 26.3 Å². The highest BCUT2D eigenvalue weighted by atomic mass is 35.5. The molecule has 240 valence electrons. The van der Waals surface area contributed by atoms with Crippen LogP contribution in [0.5, 0.6) is 0 Å². The van der Waals surface area contributed by atoms with Gasteiger partial charge < -0.3 is 19.9 Å². The smallest absolute Gasteiger partial charge is 0.255 e. The van der Waals surface area contributed by atoms with Crippen LogP contribution in [0.15, 0.2) is 85.5 Å². The molecule has 0 saturated carbocycles. The first-order valence-electron chi connectivity index (χ1n) is 14.9. The Hall–Kier alpha value is -4.73. The van der Waals surface area contributed by atoms with Crippen molar-refractivity contribution < 1.29 is 28.2 Å². The second-order valence-corrected chi connectivity index (χ2v) is 12.1. The second kappa shape index (κ2) is 13.6. The van der Waals surface area contributed by atoms with Gasteiger partial charge in [-0.25, -0.2) is 18.4 Å². The highest BCUT2D eigenvalue weighted by Crippen LogP contribution is 2.39. The number of aliphatic hydroxyl groups is 1. The number of anilines is 1. The summed E-state index contributed by atoms with van der Waals surface area (Å²) in [4.78, 5) is 16.8. The molecule has 0 bridgehead atoms. The van der Waals surface area contributed by atoms with Crippen LogP contribution in [0, 0.1) is 34.8 Å². The van der Waals surface area contributed by atoms with Gasteiger partial charge in [-0.15, -0.1) is 0 Å². The summed E-state index contributed by atoms with van der Waals surface area (Å²) in [6, 6.07) is 20.9. The second-order valence-electron chi connectivity index (χ2n) is 11.7. The Kier molecular flexibility index (Phi) is 9.29. The van der Waals surface area contributed by atoms with E-state index in [2.05, 4.69) is 15.4 Å². The number of carbonyl (C=O) groups is 1. The Bertz CT molecular complexity index is 1960. The lowest BCUT2D eigenvalue weighted by molar-refractivity contribution is -0.210. The van der Waals surface area contributed by atoms with Crippen molar-refractivity contribution in [2.45, 2.75) is 31.8 Å². The van der Waals surface area contributed by atoms with Gasteiger partial charge in [0.05, 0.1) is 30.3 Å². The number of carbonyl (C=O) groups excluding carboxylic acids is 1. The molecule has 1 aliphatic rings. The maximum atomic E-state index is 14.9. The third-order valence-electron chi connectivity index (χ3n) is 8.48. The predicted molar refractivity (Wildman–Crippen MR) is 170 cm³/mol. The van der Waals surface area contributed by atoms with E-state index in [-0.39, 0.29) is 29.0 Å². The normalized spacial score (nSPS) is 18.3. The van der Waals surface area contributed by atoms with E-state index >= 15 is 0 Å². The summed E-state index contributed by atoms with van der Waals surface area (Å²) < 4.78 is 42.2. The molecular formula is C35H30ClF2N5O4. The van der Waals surface area contributed by atoms with Crippen LogP contribution in [0.4, 0.5) is 14.5 Å². The first-order valence-corrected chi connectivity index (χ1v) is 15.3. The lowest BCUT2D eigenvalue weighted by atomic mass is 9.77. The molecule has 1 aliphatic heterocycles. The van der Waals surface area contributed by atoms with Gasteiger partial charge in [0.15, 0.2) is 6.29 Å². The standard InChI is InChI=1S/C35H30ClF2N5O4/c1-21(35(45,18-43-20-40-19-41-43)30-9-7-28(37)13-32(30)38)10-22-16-46-34(47-17-22)26-5-3-23-11-25(4-2-24(23)12-26)33(44)42-29-8-6-27(15-39)31(36)14-29/h2-9,11-14,19-22,34,45H,10,16-18H2,1H3,(H,42,44). The van der Waals surface area contributed by atoms with Gasteiger partial charge >= 0.3 is 0 Å². The fourth-order valence-electron chi connectivity index (χ4n) is 5.91. The van der Waals surface area contributed by atoms with Crippen LogP contribution in [-0.4, -0.2) is 39.0 Å². The molecule has 1 saturated heterocycles. The first-order chi connectivity index (χ1) is 22.6. The summed E-state index contributed by atoms with van der Waals surface area (Å²) >= 11 is 6.09. The van der Waals surface area contributed by atoms with Gasteiger partial charge in [0, 0.05) is 34.4 Å². The van der Waals surface area contributed by atoms with Crippen LogP contribution in [0.3, 0.4) is 0 Å². The van der Waals surface area contributed by atoms with Gasteiger partial charge in [-0.1, -0.05) is 42.8 Å². The van der Waals surface area contributed by atoms with Gasteiger partial charge in [-0.2, -0.15) is 10.4 Å². The first kappa shape index (κ1) is 32.2. The number of hydrogen-bond acceptors (Lipinski definition) is 7. The summed E-state index contributed by atoms with van der Waals surface area (Å²) in [5.74, 6) is -2.46. The van der Waals surface area contributed by atoms with E-state index in [9.17, 15) is 18.7 Å². The average molecular weight is 658 g/mol. The van der Waals surface area contributed by atoms with Crippen molar-refractivity contribution >= 4 is 34.0 Å². The molecule has 6 rings (SSSR count). The monoisotopic (exact) mass is 657 g/mol. The molecule has 12 heteroatoms. The van der Waals surface area contributed by atoms with Gasteiger partial charge in [-0.05, 0) is 65.6 Å². The molecule has 5 aromatic rings. The predicted octanol–water partition coefficient (Wildman–Crippen LogP) is 6.76. The zero-order chi connectivity index (χ0) is 33.1. The maximum Gasteiger partial charge on any atom is 0.255 e. The van der Waals surface area contributed by atoms with Crippen LogP contribution in [0.2, 0.25) is 5.02 Å². The summed E-state index contributed by atoms with van der Waals surface area (Å²) in [7, 11) is 0. The highest BCUT2D eigenvalue weighted by Gasteiger charge is 2.40. The number of amides is 1. The molecule has 1 aromatic heterocycles. The largest absolute Gasteiger partial charge is 0.383 e. The van der Waals surface area contributed by atoms with Crippen molar-refractivity contribution in [2.24, 2.45) is 11.8 Å². The van der Waals surface area contributed by atoms with Crippen molar-refractivity contribution in [3.8, 4) is 6.07 Å². The van der Waals surface area contributed by atoms with E-state index in [0.29, 0.717) is 36.4 Å². The molecular weight excluding hydrogens is 628 g/mol. The summed E-state index contributed by atoms with van der Waals surface area (Å²) in [6.07, 6.45) is 2.59. The Morgan fingerprint density at radius 3 is 2.57 bits per heavy atom. The van der Waals surface area contributed by atoms with Gasteiger partial charge in [0.25, 0.3) is 5.91 Å². The number of hydrogen-bond donors (Lipinski definition) is 2. The molecule has 2 heterocycles. The Labute approximate surface area is 274 Å². The van der Waals surface area contributed by atoms with Gasteiger partial charge in [0.2, 0.25) is 0 Å². The minimum atomic E-state index is -1.70. The molecule has 4 aromatic carbocycles. The SMILES string of the molecule is CC(CC1COC(c2ccc3cc(C(=O)Nc4ccc(C#N)c(Cl)c4)ccc3c2)OC1)C(O)(Cn1cncn1)c1ccc(F)cc1F.